The number of nitrogens with zero attached hydrogens (tertiary/aromatic N) is 1. The van der Waals surface area contributed by atoms with Crippen molar-refractivity contribution in [3.05, 3.63) is 0 Å². The van der Waals surface area contributed by atoms with Crippen LogP contribution in [0.2, 0.25) is 0 Å². The topological polar surface area (TPSA) is 55.6 Å². The third-order valence-electron chi connectivity index (χ3n) is 4.00. The van der Waals surface area contributed by atoms with Crippen LogP contribution in [0.4, 0.5) is 0 Å². The molecular weight excluding hydrogens is 216 g/mol. The summed E-state index contributed by atoms with van der Waals surface area (Å²) in [5, 5.41) is 0. The molecule has 1 amide bonds. The predicted molar refractivity (Wildman–Crippen MR) is 66.6 cm³/mol. The van der Waals surface area contributed by atoms with Gasteiger partial charge in [-0.25, -0.2) is 0 Å². The Labute approximate surface area is 103 Å². The zero-order valence-electron chi connectivity index (χ0n) is 10.9. The Morgan fingerprint density at radius 1 is 1.53 bits per heavy atom. The molecule has 2 fully saturated rings. The minimum absolute atomic E-state index is 0.111. The first-order valence-corrected chi connectivity index (χ1v) is 6.78. The highest BCUT2D eigenvalue weighted by atomic mass is 16.5. The monoisotopic (exact) mass is 240 g/mol. The molecule has 3 unspecified atom stereocenters. The number of fused-ring (bicyclic) bond motifs is 1. The number of carbonyl (C=O) groups is 1. The number of amides is 1. The molecule has 2 aliphatic rings. The van der Waals surface area contributed by atoms with Gasteiger partial charge in [-0.05, 0) is 32.6 Å². The molecule has 4 heteroatoms. The van der Waals surface area contributed by atoms with Crippen LogP contribution in [0, 0.1) is 0 Å². The largest absolute Gasteiger partial charge is 0.374 e. The molecule has 2 rings (SSSR count). The normalized spacial score (nSPS) is 32.1. The Morgan fingerprint density at radius 2 is 2.29 bits per heavy atom. The van der Waals surface area contributed by atoms with Gasteiger partial charge in [-0.1, -0.05) is 13.3 Å². The Balaban J connectivity index is 2.07. The van der Waals surface area contributed by atoms with Crippen LogP contribution in [0.5, 0.6) is 0 Å². The van der Waals surface area contributed by atoms with Gasteiger partial charge >= 0.3 is 0 Å². The van der Waals surface area contributed by atoms with Crippen molar-refractivity contribution < 1.29 is 9.53 Å². The fourth-order valence-corrected chi connectivity index (χ4v) is 3.13. The minimum Gasteiger partial charge on any atom is -0.374 e. The molecule has 98 valence electrons. The standard InChI is InChI=1S/C13H24N2O2/c1-3-7-13(2,14)12(16)15-8-9-17-11-6-4-5-10(11)15/h10-11H,3-9,14H2,1-2H3. The van der Waals surface area contributed by atoms with E-state index in [0.29, 0.717) is 13.2 Å². The maximum atomic E-state index is 12.5. The highest BCUT2D eigenvalue weighted by molar-refractivity contribution is 5.86. The minimum atomic E-state index is -0.709. The molecule has 0 aromatic carbocycles. The lowest BCUT2D eigenvalue weighted by atomic mass is 9.94. The summed E-state index contributed by atoms with van der Waals surface area (Å²) in [7, 11) is 0. The van der Waals surface area contributed by atoms with Crippen LogP contribution < -0.4 is 5.73 Å². The number of hydrogen-bond acceptors (Lipinski definition) is 3. The van der Waals surface area contributed by atoms with Gasteiger partial charge in [0.25, 0.3) is 0 Å². The highest BCUT2D eigenvalue weighted by Crippen LogP contribution is 2.31. The first-order valence-electron chi connectivity index (χ1n) is 6.78. The van der Waals surface area contributed by atoms with E-state index in [1.54, 1.807) is 0 Å². The smallest absolute Gasteiger partial charge is 0.242 e. The van der Waals surface area contributed by atoms with E-state index < -0.39 is 5.54 Å². The lowest BCUT2D eigenvalue weighted by Crippen LogP contribution is -2.60. The van der Waals surface area contributed by atoms with E-state index in [1.807, 2.05) is 11.8 Å². The molecule has 1 heterocycles. The molecule has 17 heavy (non-hydrogen) atoms. The fourth-order valence-electron chi connectivity index (χ4n) is 3.13. The molecule has 1 saturated heterocycles. The Morgan fingerprint density at radius 3 is 3.00 bits per heavy atom. The van der Waals surface area contributed by atoms with Gasteiger partial charge in [0, 0.05) is 6.54 Å². The van der Waals surface area contributed by atoms with Gasteiger partial charge in [0.05, 0.1) is 24.3 Å². The average Bonchev–Trinajstić information content (AvgIpc) is 2.75. The van der Waals surface area contributed by atoms with Crippen molar-refractivity contribution in [3.8, 4) is 0 Å². The maximum absolute atomic E-state index is 12.5. The summed E-state index contributed by atoms with van der Waals surface area (Å²) in [5.41, 5.74) is 5.44. The number of hydrogen-bond donors (Lipinski definition) is 1. The zero-order chi connectivity index (χ0) is 12.5. The van der Waals surface area contributed by atoms with Crippen molar-refractivity contribution in [3.63, 3.8) is 0 Å². The SMILES string of the molecule is CCCC(C)(N)C(=O)N1CCOC2CCCC21. The van der Waals surface area contributed by atoms with Crippen LogP contribution in [-0.2, 0) is 9.53 Å². The van der Waals surface area contributed by atoms with E-state index in [2.05, 4.69) is 6.92 Å². The number of ether oxygens (including phenoxy) is 1. The number of rotatable bonds is 3. The zero-order valence-corrected chi connectivity index (χ0v) is 10.9. The van der Waals surface area contributed by atoms with E-state index in [4.69, 9.17) is 10.5 Å². The van der Waals surface area contributed by atoms with Gasteiger partial charge in [0.2, 0.25) is 5.91 Å². The Hall–Kier alpha value is -0.610. The summed E-state index contributed by atoms with van der Waals surface area (Å²) in [6.07, 6.45) is 5.26. The van der Waals surface area contributed by atoms with Gasteiger partial charge in [-0.15, -0.1) is 0 Å². The van der Waals surface area contributed by atoms with E-state index in [-0.39, 0.29) is 18.1 Å². The molecule has 0 bridgehead atoms. The predicted octanol–water partition coefficient (Wildman–Crippen LogP) is 1.28. The lowest BCUT2D eigenvalue weighted by molar-refractivity contribution is -0.149. The quantitative estimate of drug-likeness (QED) is 0.808. The van der Waals surface area contributed by atoms with Crippen molar-refractivity contribution in [1.82, 2.24) is 4.90 Å². The lowest BCUT2D eigenvalue weighted by Gasteiger charge is -2.41. The molecule has 2 N–H and O–H groups in total. The van der Waals surface area contributed by atoms with Crippen LogP contribution in [0.15, 0.2) is 0 Å². The molecule has 4 nitrogen and oxygen atoms in total. The van der Waals surface area contributed by atoms with Crippen LogP contribution in [0.25, 0.3) is 0 Å². The molecule has 1 saturated carbocycles. The molecule has 1 aliphatic carbocycles. The van der Waals surface area contributed by atoms with Gasteiger partial charge in [-0.2, -0.15) is 0 Å². The summed E-state index contributed by atoms with van der Waals surface area (Å²) in [4.78, 5) is 14.5. The first kappa shape index (κ1) is 12.8. The van der Waals surface area contributed by atoms with Crippen LogP contribution >= 0.6 is 0 Å². The summed E-state index contributed by atoms with van der Waals surface area (Å²) in [6.45, 7) is 5.29. The average molecular weight is 240 g/mol. The first-order chi connectivity index (χ1) is 8.06. The van der Waals surface area contributed by atoms with Crippen molar-refractivity contribution in [2.24, 2.45) is 5.73 Å². The maximum Gasteiger partial charge on any atom is 0.242 e. The molecule has 0 radical (unpaired) electrons. The molecule has 1 aliphatic heterocycles. The molecular formula is C13H24N2O2. The highest BCUT2D eigenvalue weighted by Gasteiger charge is 2.42. The van der Waals surface area contributed by atoms with E-state index >= 15 is 0 Å². The third-order valence-corrected chi connectivity index (χ3v) is 4.00. The van der Waals surface area contributed by atoms with Gasteiger partial charge < -0.3 is 15.4 Å². The second-order valence-corrected chi connectivity index (χ2v) is 5.57. The van der Waals surface area contributed by atoms with Gasteiger partial charge in [0.15, 0.2) is 0 Å². The van der Waals surface area contributed by atoms with Crippen LogP contribution in [0.3, 0.4) is 0 Å². The van der Waals surface area contributed by atoms with Crippen molar-refractivity contribution in [2.75, 3.05) is 13.2 Å². The molecule has 0 aromatic rings. The number of carbonyl (C=O) groups excluding carboxylic acids is 1. The van der Waals surface area contributed by atoms with Crippen molar-refractivity contribution in [2.45, 2.75) is 63.6 Å². The summed E-state index contributed by atoms with van der Waals surface area (Å²) >= 11 is 0. The second-order valence-electron chi connectivity index (χ2n) is 5.57. The van der Waals surface area contributed by atoms with Gasteiger partial charge in [-0.3, -0.25) is 4.79 Å². The summed E-state index contributed by atoms with van der Waals surface area (Å²) < 4.78 is 5.72. The summed E-state index contributed by atoms with van der Waals surface area (Å²) in [6, 6.07) is 0.274. The second kappa shape index (κ2) is 4.94. The summed E-state index contributed by atoms with van der Waals surface area (Å²) in [5.74, 6) is 0.111. The third kappa shape index (κ3) is 2.47. The molecule has 3 atom stereocenters. The van der Waals surface area contributed by atoms with Crippen LogP contribution in [0.1, 0.15) is 46.0 Å². The van der Waals surface area contributed by atoms with E-state index in [9.17, 15) is 4.79 Å². The molecule has 0 spiro atoms. The van der Waals surface area contributed by atoms with Crippen molar-refractivity contribution in [1.29, 1.82) is 0 Å². The van der Waals surface area contributed by atoms with Crippen molar-refractivity contribution >= 4 is 5.91 Å². The number of morpholine rings is 1. The molecule has 0 aromatic heterocycles. The van der Waals surface area contributed by atoms with E-state index in [1.165, 1.54) is 0 Å². The van der Waals surface area contributed by atoms with Crippen LogP contribution in [-0.4, -0.2) is 41.6 Å². The Bertz CT molecular complexity index is 291. The van der Waals surface area contributed by atoms with Gasteiger partial charge in [0.1, 0.15) is 0 Å². The number of nitrogens with two attached hydrogens (primary N) is 1. The van der Waals surface area contributed by atoms with E-state index in [0.717, 1.165) is 32.1 Å². The fraction of sp³-hybridized carbons (Fsp3) is 0.923. The Kier molecular flexibility index (Phi) is 3.73.